The molecule has 1 aromatic heterocycles. The van der Waals surface area contributed by atoms with Crippen LogP contribution in [0.3, 0.4) is 0 Å². The Balaban J connectivity index is 1.66. The third-order valence-corrected chi connectivity index (χ3v) is 5.55. The van der Waals surface area contributed by atoms with Crippen LogP contribution >= 0.6 is 0 Å². The van der Waals surface area contributed by atoms with Gasteiger partial charge in [-0.3, -0.25) is 4.79 Å². The van der Waals surface area contributed by atoms with Crippen LogP contribution in [-0.2, 0) is 0 Å². The molecule has 178 valence electrons. The molecule has 7 heteroatoms. The van der Waals surface area contributed by atoms with Crippen molar-refractivity contribution in [1.82, 2.24) is 0 Å². The number of carbonyl (C=O) groups is 1. The van der Waals surface area contributed by atoms with E-state index < -0.39 is 11.5 Å². The molecule has 1 N–H and O–H groups in total. The third-order valence-electron chi connectivity index (χ3n) is 5.55. The highest BCUT2D eigenvalue weighted by Crippen LogP contribution is 2.33. The molecule has 0 fully saturated rings. The van der Waals surface area contributed by atoms with E-state index in [1.54, 1.807) is 63.6 Å². The number of carbonyl (C=O) groups excluding carboxylic acids is 1. The first-order chi connectivity index (χ1) is 16.9. The second kappa shape index (κ2) is 10.2. The van der Waals surface area contributed by atoms with Gasteiger partial charge in [-0.25, -0.2) is 4.79 Å². The number of nitrogens with one attached hydrogen (secondary N) is 1. The lowest BCUT2D eigenvalue weighted by Crippen LogP contribution is -2.18. The van der Waals surface area contributed by atoms with Crippen molar-refractivity contribution in [3.8, 4) is 28.4 Å². The summed E-state index contributed by atoms with van der Waals surface area (Å²) in [6, 6.07) is 17.6. The topological polar surface area (TPSA) is 87.0 Å². The van der Waals surface area contributed by atoms with E-state index in [1.165, 1.54) is 0 Å². The first kappa shape index (κ1) is 23.6. The molecule has 1 amide bonds. The lowest BCUT2D eigenvalue weighted by atomic mass is 10.0. The van der Waals surface area contributed by atoms with Crippen molar-refractivity contribution in [2.75, 3.05) is 26.1 Å². The van der Waals surface area contributed by atoms with Crippen LogP contribution in [0.2, 0.25) is 0 Å². The molecule has 4 rings (SSSR count). The Morgan fingerprint density at radius 2 is 1.83 bits per heavy atom. The van der Waals surface area contributed by atoms with Crippen LogP contribution in [0.25, 0.3) is 22.1 Å². The monoisotopic (exact) mass is 471 g/mol. The Morgan fingerprint density at radius 1 is 1.03 bits per heavy atom. The zero-order chi connectivity index (χ0) is 24.9. The van der Waals surface area contributed by atoms with Gasteiger partial charge in [0.05, 0.1) is 14.2 Å². The third kappa shape index (κ3) is 4.89. The van der Waals surface area contributed by atoms with Gasteiger partial charge in [0, 0.05) is 22.1 Å². The zero-order valence-electron chi connectivity index (χ0n) is 19.7. The highest BCUT2D eigenvalue weighted by Gasteiger charge is 2.16. The van der Waals surface area contributed by atoms with Gasteiger partial charge >= 0.3 is 5.63 Å². The lowest BCUT2D eigenvalue weighted by molar-refractivity contribution is 0.102. The molecule has 0 saturated carbocycles. The Labute approximate surface area is 202 Å². The van der Waals surface area contributed by atoms with Crippen molar-refractivity contribution in [2.24, 2.45) is 0 Å². The summed E-state index contributed by atoms with van der Waals surface area (Å²) in [5.74, 6) is 1.43. The van der Waals surface area contributed by atoms with E-state index in [2.05, 4.69) is 11.9 Å². The summed E-state index contributed by atoms with van der Waals surface area (Å²) in [5.41, 5.74) is 2.37. The fourth-order valence-corrected chi connectivity index (χ4v) is 3.76. The molecule has 0 spiro atoms. The molecule has 0 aliphatic carbocycles. The summed E-state index contributed by atoms with van der Waals surface area (Å²) in [6.07, 6.45) is 1.64. The predicted molar refractivity (Wildman–Crippen MR) is 136 cm³/mol. The Morgan fingerprint density at radius 3 is 2.57 bits per heavy atom. The van der Waals surface area contributed by atoms with Crippen LogP contribution in [0.15, 0.2) is 82.5 Å². The molecule has 1 heterocycles. The highest BCUT2D eigenvalue weighted by atomic mass is 16.5. The first-order valence-electron chi connectivity index (χ1n) is 10.9. The van der Waals surface area contributed by atoms with E-state index in [-0.39, 0.29) is 5.69 Å². The highest BCUT2D eigenvalue weighted by molar-refractivity contribution is 6.05. The van der Waals surface area contributed by atoms with E-state index in [0.717, 1.165) is 5.56 Å². The number of methoxy groups -OCH3 is 2. The van der Waals surface area contributed by atoms with E-state index in [0.29, 0.717) is 51.5 Å². The van der Waals surface area contributed by atoms with Crippen molar-refractivity contribution in [3.63, 3.8) is 0 Å². The quantitative estimate of drug-likeness (QED) is 0.266. The average Bonchev–Trinajstić information content (AvgIpc) is 2.89. The minimum absolute atomic E-state index is 0.0420. The van der Waals surface area contributed by atoms with Gasteiger partial charge in [-0.2, -0.15) is 0 Å². The number of benzene rings is 3. The van der Waals surface area contributed by atoms with Crippen LogP contribution < -0.4 is 25.2 Å². The number of hydrogen-bond acceptors (Lipinski definition) is 6. The maximum absolute atomic E-state index is 13.1. The summed E-state index contributed by atoms with van der Waals surface area (Å²) < 4.78 is 21.9. The van der Waals surface area contributed by atoms with E-state index >= 15 is 0 Å². The van der Waals surface area contributed by atoms with Crippen LogP contribution in [0.5, 0.6) is 17.2 Å². The molecule has 35 heavy (non-hydrogen) atoms. The number of aryl methyl sites for hydroxylation is 1. The number of ether oxygens (including phenoxy) is 3. The molecule has 3 aromatic carbocycles. The van der Waals surface area contributed by atoms with Gasteiger partial charge in [-0.1, -0.05) is 24.8 Å². The summed E-state index contributed by atoms with van der Waals surface area (Å²) in [5, 5.41) is 3.33. The van der Waals surface area contributed by atoms with Crippen LogP contribution in [-0.4, -0.2) is 26.7 Å². The Kier molecular flexibility index (Phi) is 6.87. The van der Waals surface area contributed by atoms with Crippen LogP contribution in [0.1, 0.15) is 15.9 Å². The largest absolute Gasteiger partial charge is 0.497 e. The number of fused-ring (bicyclic) bond motifs is 1. The van der Waals surface area contributed by atoms with Crippen molar-refractivity contribution in [2.45, 2.75) is 6.92 Å². The van der Waals surface area contributed by atoms with E-state index in [1.807, 2.05) is 24.3 Å². The molecule has 4 aromatic rings. The molecular weight excluding hydrogens is 446 g/mol. The van der Waals surface area contributed by atoms with Gasteiger partial charge in [0.15, 0.2) is 0 Å². The summed E-state index contributed by atoms with van der Waals surface area (Å²) >= 11 is 0. The van der Waals surface area contributed by atoms with E-state index in [9.17, 15) is 9.59 Å². The van der Waals surface area contributed by atoms with Gasteiger partial charge in [0.25, 0.3) is 5.91 Å². The van der Waals surface area contributed by atoms with Crippen LogP contribution in [0.4, 0.5) is 5.69 Å². The van der Waals surface area contributed by atoms with E-state index in [4.69, 9.17) is 18.6 Å². The van der Waals surface area contributed by atoms with Crippen molar-refractivity contribution < 1.29 is 23.4 Å². The smallest absolute Gasteiger partial charge is 0.360 e. The molecule has 7 nitrogen and oxygen atoms in total. The maximum Gasteiger partial charge on any atom is 0.360 e. The average molecular weight is 472 g/mol. The summed E-state index contributed by atoms with van der Waals surface area (Å²) in [7, 11) is 3.15. The molecule has 0 aliphatic heterocycles. The second-order valence-electron chi connectivity index (χ2n) is 7.76. The standard InChI is InChI=1S/C28H25NO6/c1-5-13-34-24-11-9-19-16-23(28(31)35-26(19)17(24)2)29-27(30)20-10-12-25(33-4)22(15-20)18-7-6-8-21(14-18)32-3/h5-12,14-16H,1,13H2,2-4H3,(H,29,30). The Hall–Kier alpha value is -4.52. The Bertz CT molecular complexity index is 1470. The molecule has 0 saturated heterocycles. The fourth-order valence-electron chi connectivity index (χ4n) is 3.76. The summed E-state index contributed by atoms with van der Waals surface area (Å²) in [6.45, 7) is 5.78. The molecule has 0 aliphatic rings. The number of amides is 1. The first-order valence-corrected chi connectivity index (χ1v) is 10.9. The zero-order valence-corrected chi connectivity index (χ0v) is 19.7. The number of hydrogen-bond donors (Lipinski definition) is 1. The minimum Gasteiger partial charge on any atom is -0.497 e. The number of rotatable bonds is 8. The SMILES string of the molecule is C=CCOc1ccc2cc(NC(=O)c3ccc(OC)c(-c4cccc(OC)c4)c3)c(=O)oc2c1C. The van der Waals surface area contributed by atoms with Gasteiger partial charge in [0.1, 0.15) is 35.1 Å². The summed E-state index contributed by atoms with van der Waals surface area (Å²) in [4.78, 5) is 25.7. The van der Waals surface area contributed by atoms with Crippen LogP contribution in [0, 0.1) is 6.92 Å². The van der Waals surface area contributed by atoms with Crippen molar-refractivity contribution >= 4 is 22.6 Å². The molecular formula is C28H25NO6. The van der Waals surface area contributed by atoms with Crippen molar-refractivity contribution in [1.29, 1.82) is 0 Å². The normalized spacial score (nSPS) is 10.6. The van der Waals surface area contributed by atoms with Gasteiger partial charge < -0.3 is 23.9 Å². The van der Waals surface area contributed by atoms with Gasteiger partial charge in [-0.15, -0.1) is 0 Å². The van der Waals surface area contributed by atoms with Gasteiger partial charge in [0.2, 0.25) is 0 Å². The fraction of sp³-hybridized carbons (Fsp3) is 0.143. The predicted octanol–water partition coefficient (Wildman–Crippen LogP) is 5.60. The molecule has 0 atom stereocenters. The molecule has 0 bridgehead atoms. The van der Waals surface area contributed by atoms with Crippen molar-refractivity contribution in [3.05, 3.63) is 94.9 Å². The second-order valence-corrected chi connectivity index (χ2v) is 7.76. The molecule has 0 radical (unpaired) electrons. The number of anilines is 1. The minimum atomic E-state index is -0.656. The van der Waals surface area contributed by atoms with Gasteiger partial charge in [-0.05, 0) is 61.0 Å². The lowest BCUT2D eigenvalue weighted by Gasteiger charge is -2.13. The maximum atomic E-state index is 13.1. The molecule has 0 unspecified atom stereocenters.